The molecule has 4 nitrogen and oxygen atoms in total. The lowest BCUT2D eigenvalue weighted by molar-refractivity contribution is 0.240. The van der Waals surface area contributed by atoms with E-state index in [9.17, 15) is 5.11 Å². The van der Waals surface area contributed by atoms with E-state index in [1.807, 2.05) is 26.2 Å². The number of fused-ring (bicyclic) bond motifs is 1. The summed E-state index contributed by atoms with van der Waals surface area (Å²) in [6, 6.07) is 6.20. The highest BCUT2D eigenvalue weighted by molar-refractivity contribution is 5.40. The van der Waals surface area contributed by atoms with E-state index in [1.165, 1.54) is 5.56 Å². The molecule has 1 atom stereocenters. The second-order valence-corrected chi connectivity index (χ2v) is 4.96. The van der Waals surface area contributed by atoms with E-state index < -0.39 is 0 Å². The van der Waals surface area contributed by atoms with E-state index >= 15 is 0 Å². The Balaban J connectivity index is 1.99. The molecule has 0 radical (unpaired) electrons. The highest BCUT2D eigenvalue weighted by Crippen LogP contribution is 2.28. The van der Waals surface area contributed by atoms with Crippen molar-refractivity contribution in [2.45, 2.75) is 12.5 Å². The maximum atomic E-state index is 9.49. The van der Waals surface area contributed by atoms with Crippen LogP contribution in [-0.4, -0.2) is 50.4 Å². The summed E-state index contributed by atoms with van der Waals surface area (Å²) in [5.41, 5.74) is 2.39. The lowest BCUT2D eigenvalue weighted by Crippen LogP contribution is -2.31. The quantitative estimate of drug-likeness (QED) is 0.784. The van der Waals surface area contributed by atoms with Crippen LogP contribution in [0.25, 0.3) is 0 Å². The zero-order chi connectivity index (χ0) is 13.0. The Morgan fingerprint density at radius 1 is 1.44 bits per heavy atom. The van der Waals surface area contributed by atoms with Gasteiger partial charge in [0.15, 0.2) is 0 Å². The second kappa shape index (κ2) is 6.18. The minimum absolute atomic E-state index is 0.0100. The summed E-state index contributed by atoms with van der Waals surface area (Å²) in [6.45, 7) is 2.72. The maximum absolute atomic E-state index is 9.49. The molecule has 0 bridgehead atoms. The number of ether oxygens (including phenoxy) is 1. The number of rotatable bonds is 6. The number of benzene rings is 1. The van der Waals surface area contributed by atoms with Gasteiger partial charge in [0.05, 0.1) is 19.3 Å². The fourth-order valence-electron chi connectivity index (χ4n) is 2.17. The summed E-state index contributed by atoms with van der Waals surface area (Å²) >= 11 is 0. The minimum atomic E-state index is 0.0100. The van der Waals surface area contributed by atoms with Crippen LogP contribution in [0.3, 0.4) is 0 Å². The first-order valence-electron chi connectivity index (χ1n) is 6.45. The Morgan fingerprint density at radius 2 is 2.28 bits per heavy atom. The van der Waals surface area contributed by atoms with Crippen molar-refractivity contribution >= 4 is 0 Å². The molecule has 1 aliphatic heterocycles. The SMILES string of the molecule is CN(C)CCNC(CO)c1ccc2c(c1)CCO2. The van der Waals surface area contributed by atoms with E-state index in [0.29, 0.717) is 0 Å². The first kappa shape index (κ1) is 13.3. The Hall–Kier alpha value is -1.10. The summed E-state index contributed by atoms with van der Waals surface area (Å²) < 4.78 is 5.49. The molecule has 100 valence electrons. The Kier molecular flexibility index (Phi) is 4.58. The van der Waals surface area contributed by atoms with Crippen LogP contribution in [0.4, 0.5) is 0 Å². The molecule has 0 saturated heterocycles. The van der Waals surface area contributed by atoms with E-state index in [0.717, 1.165) is 37.4 Å². The zero-order valence-electron chi connectivity index (χ0n) is 11.1. The standard InChI is InChI=1S/C14H22N2O2/c1-16(2)7-6-15-13(10-17)11-3-4-14-12(9-11)5-8-18-14/h3-4,9,13,15,17H,5-8,10H2,1-2H3. The van der Waals surface area contributed by atoms with Crippen LogP contribution in [0.2, 0.25) is 0 Å². The Morgan fingerprint density at radius 3 is 3.00 bits per heavy atom. The smallest absolute Gasteiger partial charge is 0.122 e. The predicted octanol–water partition coefficient (Wildman–Crippen LogP) is 0.806. The minimum Gasteiger partial charge on any atom is -0.493 e. The molecule has 1 aliphatic rings. The summed E-state index contributed by atoms with van der Waals surface area (Å²) in [5, 5.41) is 12.9. The average molecular weight is 250 g/mol. The third kappa shape index (κ3) is 3.22. The molecule has 2 rings (SSSR count). The number of likely N-dealkylation sites (N-methyl/N-ethyl adjacent to an activating group) is 1. The van der Waals surface area contributed by atoms with E-state index in [2.05, 4.69) is 16.3 Å². The van der Waals surface area contributed by atoms with Gasteiger partial charge in [0.1, 0.15) is 5.75 Å². The van der Waals surface area contributed by atoms with Crippen molar-refractivity contribution in [2.24, 2.45) is 0 Å². The van der Waals surface area contributed by atoms with Crippen LogP contribution in [-0.2, 0) is 6.42 Å². The number of nitrogens with one attached hydrogen (secondary N) is 1. The van der Waals surface area contributed by atoms with Crippen molar-refractivity contribution in [2.75, 3.05) is 40.4 Å². The Labute approximate surface area is 109 Å². The van der Waals surface area contributed by atoms with Crippen LogP contribution in [0.1, 0.15) is 17.2 Å². The summed E-state index contributed by atoms with van der Waals surface area (Å²) in [4.78, 5) is 2.12. The largest absolute Gasteiger partial charge is 0.493 e. The molecule has 18 heavy (non-hydrogen) atoms. The van der Waals surface area contributed by atoms with Crippen LogP contribution in [0, 0.1) is 0 Å². The zero-order valence-corrected chi connectivity index (χ0v) is 11.1. The van der Waals surface area contributed by atoms with Crippen LogP contribution in [0.5, 0.6) is 5.75 Å². The summed E-state index contributed by atoms with van der Waals surface area (Å²) in [6.07, 6.45) is 0.971. The van der Waals surface area contributed by atoms with Gasteiger partial charge in [-0.15, -0.1) is 0 Å². The third-order valence-corrected chi connectivity index (χ3v) is 3.25. The number of hydrogen-bond acceptors (Lipinski definition) is 4. The highest BCUT2D eigenvalue weighted by atomic mass is 16.5. The van der Waals surface area contributed by atoms with Gasteiger partial charge in [-0.25, -0.2) is 0 Å². The predicted molar refractivity (Wildman–Crippen MR) is 72.0 cm³/mol. The van der Waals surface area contributed by atoms with Gasteiger partial charge < -0.3 is 20.1 Å². The van der Waals surface area contributed by atoms with E-state index in [-0.39, 0.29) is 12.6 Å². The van der Waals surface area contributed by atoms with Gasteiger partial charge in [-0.3, -0.25) is 0 Å². The molecule has 1 heterocycles. The number of nitrogens with zero attached hydrogens (tertiary/aromatic N) is 1. The first-order valence-corrected chi connectivity index (χ1v) is 6.45. The van der Waals surface area contributed by atoms with Crippen molar-refractivity contribution in [3.63, 3.8) is 0 Å². The molecule has 1 unspecified atom stereocenters. The number of hydrogen-bond donors (Lipinski definition) is 2. The molecule has 2 N–H and O–H groups in total. The van der Waals surface area contributed by atoms with Gasteiger partial charge in [0, 0.05) is 19.5 Å². The fourth-order valence-corrected chi connectivity index (χ4v) is 2.17. The van der Waals surface area contributed by atoms with Crippen molar-refractivity contribution in [3.8, 4) is 5.75 Å². The molecule has 0 fully saturated rings. The van der Waals surface area contributed by atoms with Crippen molar-refractivity contribution in [3.05, 3.63) is 29.3 Å². The van der Waals surface area contributed by atoms with Gasteiger partial charge in [-0.2, -0.15) is 0 Å². The topological polar surface area (TPSA) is 44.7 Å². The van der Waals surface area contributed by atoms with E-state index in [1.54, 1.807) is 0 Å². The van der Waals surface area contributed by atoms with Gasteiger partial charge in [-0.05, 0) is 31.3 Å². The third-order valence-electron chi connectivity index (χ3n) is 3.25. The lowest BCUT2D eigenvalue weighted by Gasteiger charge is -2.19. The van der Waals surface area contributed by atoms with Gasteiger partial charge in [-0.1, -0.05) is 12.1 Å². The maximum Gasteiger partial charge on any atom is 0.122 e. The number of aliphatic hydroxyl groups excluding tert-OH is 1. The molecule has 1 aromatic rings. The van der Waals surface area contributed by atoms with Crippen molar-refractivity contribution in [1.29, 1.82) is 0 Å². The Bertz CT molecular complexity index is 393. The summed E-state index contributed by atoms with van der Waals surface area (Å²) in [7, 11) is 4.09. The van der Waals surface area contributed by atoms with Crippen molar-refractivity contribution < 1.29 is 9.84 Å². The molecule has 0 spiro atoms. The number of aliphatic hydroxyl groups is 1. The molecule has 1 aromatic carbocycles. The molecule has 4 heteroatoms. The first-order chi connectivity index (χ1) is 8.70. The molecule has 0 aromatic heterocycles. The van der Waals surface area contributed by atoms with Gasteiger partial charge in [0.2, 0.25) is 0 Å². The highest BCUT2D eigenvalue weighted by Gasteiger charge is 2.16. The second-order valence-electron chi connectivity index (χ2n) is 4.96. The molecule has 0 saturated carbocycles. The van der Waals surface area contributed by atoms with Crippen LogP contribution < -0.4 is 10.1 Å². The fraction of sp³-hybridized carbons (Fsp3) is 0.571. The normalized spacial score (nSPS) is 15.6. The molecule has 0 amide bonds. The van der Waals surface area contributed by atoms with Crippen LogP contribution >= 0.6 is 0 Å². The van der Waals surface area contributed by atoms with Gasteiger partial charge in [0.25, 0.3) is 0 Å². The van der Waals surface area contributed by atoms with E-state index in [4.69, 9.17) is 4.74 Å². The lowest BCUT2D eigenvalue weighted by atomic mass is 10.0. The molecule has 0 aliphatic carbocycles. The van der Waals surface area contributed by atoms with Gasteiger partial charge >= 0.3 is 0 Å². The molecular formula is C14H22N2O2. The molecular weight excluding hydrogens is 228 g/mol. The van der Waals surface area contributed by atoms with Crippen molar-refractivity contribution in [1.82, 2.24) is 10.2 Å². The summed E-state index contributed by atoms with van der Waals surface area (Å²) in [5.74, 6) is 0.990. The van der Waals surface area contributed by atoms with Crippen LogP contribution in [0.15, 0.2) is 18.2 Å². The monoisotopic (exact) mass is 250 g/mol. The average Bonchev–Trinajstić information content (AvgIpc) is 2.81.